The fourth-order valence-electron chi connectivity index (χ4n) is 0.628. The summed E-state index contributed by atoms with van der Waals surface area (Å²) in [4.78, 5) is 0.259. The minimum Gasteiger partial charge on any atom is -0.258 e. The van der Waals surface area contributed by atoms with Gasteiger partial charge in [-0.2, -0.15) is 0 Å². The Hall–Kier alpha value is 0.443. The van der Waals surface area contributed by atoms with Crippen LogP contribution < -0.4 is 0 Å². The van der Waals surface area contributed by atoms with Crippen LogP contribution in [0.5, 0.6) is 0 Å². The average molecular weight is 390 g/mol. The Kier molecular flexibility index (Phi) is 7.45. The molecule has 1 aromatic carbocycles. The zero-order chi connectivity index (χ0) is 7.61. The molecule has 0 aliphatic heterocycles. The molecule has 0 unspecified atom stereocenters. The SMILES string of the molecule is [CH2-]S(=O)(=O)c1ccccc1.[V].[W]. The third-order valence-electron chi connectivity index (χ3n) is 1.10. The number of hydrogen-bond donors (Lipinski definition) is 0. The van der Waals surface area contributed by atoms with Crippen molar-refractivity contribution in [3.63, 3.8) is 0 Å². The van der Waals surface area contributed by atoms with Crippen molar-refractivity contribution in [2.45, 2.75) is 4.90 Å². The van der Waals surface area contributed by atoms with Crippen LogP contribution in [0.25, 0.3) is 0 Å². The van der Waals surface area contributed by atoms with Crippen molar-refractivity contribution in [3.05, 3.63) is 36.6 Å². The van der Waals surface area contributed by atoms with E-state index in [1.165, 1.54) is 12.1 Å². The Morgan fingerprint density at radius 1 is 1.08 bits per heavy atom. The number of hydrogen-bond acceptors (Lipinski definition) is 2. The second-order valence-electron chi connectivity index (χ2n) is 1.93. The van der Waals surface area contributed by atoms with Gasteiger partial charge in [0.1, 0.15) is 0 Å². The second kappa shape index (κ2) is 5.98. The minimum absolute atomic E-state index is 0. The van der Waals surface area contributed by atoms with Crippen LogP contribution in [0, 0.1) is 6.26 Å². The van der Waals surface area contributed by atoms with E-state index >= 15 is 0 Å². The first-order valence-electron chi connectivity index (χ1n) is 2.74. The van der Waals surface area contributed by atoms with Gasteiger partial charge in [-0.1, -0.05) is 18.2 Å². The molecule has 1 aromatic rings. The first kappa shape index (κ1) is 14.9. The maximum absolute atomic E-state index is 10.7. The molecule has 2 nitrogen and oxygen atoms in total. The topological polar surface area (TPSA) is 34.1 Å². The summed E-state index contributed by atoms with van der Waals surface area (Å²) in [5.74, 6) is 0. The summed E-state index contributed by atoms with van der Waals surface area (Å²) in [5, 5.41) is 0. The van der Waals surface area contributed by atoms with E-state index in [1.807, 2.05) is 0 Å². The van der Waals surface area contributed by atoms with Crippen LogP contribution in [0.1, 0.15) is 0 Å². The zero-order valence-electron chi connectivity index (χ0n) is 6.17. The molecule has 1 rings (SSSR count). The molecule has 0 aromatic heterocycles. The molecule has 1 radical (unpaired) electrons. The van der Waals surface area contributed by atoms with Crippen LogP contribution in [0.15, 0.2) is 35.2 Å². The van der Waals surface area contributed by atoms with E-state index in [2.05, 4.69) is 6.26 Å². The Bertz CT molecular complexity index is 309. The monoisotopic (exact) mass is 390 g/mol. The molecule has 0 bridgehead atoms. The third kappa shape index (κ3) is 4.46. The molecule has 0 aliphatic carbocycles. The number of rotatable bonds is 1. The molecule has 0 N–H and O–H groups in total. The van der Waals surface area contributed by atoms with E-state index in [0.717, 1.165) is 0 Å². The van der Waals surface area contributed by atoms with E-state index in [4.69, 9.17) is 0 Å². The Labute approximate surface area is 98.8 Å². The van der Waals surface area contributed by atoms with Gasteiger partial charge in [0.05, 0.1) is 0 Å². The van der Waals surface area contributed by atoms with Crippen molar-refractivity contribution < 1.29 is 48.0 Å². The summed E-state index contributed by atoms with van der Waals surface area (Å²) >= 11 is 0. The third-order valence-corrected chi connectivity index (χ3v) is 2.09. The molecule has 5 heteroatoms. The predicted molar refractivity (Wildman–Crippen MR) is 39.0 cm³/mol. The summed E-state index contributed by atoms with van der Waals surface area (Å²) in [6.45, 7) is 0. The number of benzene rings is 1. The van der Waals surface area contributed by atoms with Crippen molar-refractivity contribution in [1.82, 2.24) is 0 Å². The average Bonchev–Trinajstić information content (AvgIpc) is 1.88. The molecule has 0 spiro atoms. The summed E-state index contributed by atoms with van der Waals surface area (Å²) in [6.07, 6.45) is 3.01. The van der Waals surface area contributed by atoms with Gasteiger partial charge in [-0.25, -0.2) is 6.26 Å². The number of sulfone groups is 1. The Morgan fingerprint density at radius 3 is 1.75 bits per heavy atom. The van der Waals surface area contributed by atoms with Crippen molar-refractivity contribution in [2.75, 3.05) is 0 Å². The van der Waals surface area contributed by atoms with Gasteiger partial charge in [-0.05, 0) is 12.1 Å². The van der Waals surface area contributed by atoms with E-state index in [0.29, 0.717) is 0 Å². The molecular weight excluding hydrogens is 383 g/mol. The van der Waals surface area contributed by atoms with E-state index in [1.54, 1.807) is 18.2 Å². The largest absolute Gasteiger partial charge is 0.258 e. The van der Waals surface area contributed by atoms with E-state index < -0.39 is 9.84 Å². The summed E-state index contributed by atoms with van der Waals surface area (Å²) in [7, 11) is -3.25. The fraction of sp³-hybridized carbons (Fsp3) is 0. The van der Waals surface area contributed by atoms with Gasteiger partial charge in [-0.15, -0.1) is 0 Å². The molecule has 12 heavy (non-hydrogen) atoms. The van der Waals surface area contributed by atoms with Crippen LogP contribution >= 0.6 is 0 Å². The van der Waals surface area contributed by atoms with Gasteiger partial charge in [-0.3, -0.25) is 8.42 Å². The summed E-state index contributed by atoms with van der Waals surface area (Å²) in [6, 6.07) is 8.12. The normalized spacial score (nSPS) is 9.42. The Balaban J connectivity index is 0. The second-order valence-corrected chi connectivity index (χ2v) is 3.63. The molecule has 0 saturated heterocycles. The molecule has 0 atom stereocenters. The van der Waals surface area contributed by atoms with Gasteiger partial charge >= 0.3 is 0 Å². The summed E-state index contributed by atoms with van der Waals surface area (Å²) in [5.41, 5.74) is 0. The van der Waals surface area contributed by atoms with Gasteiger partial charge in [0.25, 0.3) is 0 Å². The van der Waals surface area contributed by atoms with Crippen LogP contribution in [0.4, 0.5) is 0 Å². The molecule has 0 fully saturated rings. The molecule has 0 saturated carbocycles. The fourth-order valence-corrected chi connectivity index (χ4v) is 1.20. The van der Waals surface area contributed by atoms with Crippen molar-refractivity contribution >= 4 is 9.84 Å². The van der Waals surface area contributed by atoms with Crippen molar-refractivity contribution in [2.24, 2.45) is 0 Å². The van der Waals surface area contributed by atoms with Crippen molar-refractivity contribution in [1.29, 1.82) is 0 Å². The van der Waals surface area contributed by atoms with Crippen LogP contribution in [-0.4, -0.2) is 8.42 Å². The van der Waals surface area contributed by atoms with E-state index in [-0.39, 0.29) is 44.5 Å². The zero-order valence-corrected chi connectivity index (χ0v) is 11.3. The first-order chi connectivity index (χ1) is 4.61. The van der Waals surface area contributed by atoms with Gasteiger partial charge in [0, 0.05) is 54.4 Å². The smallest absolute Gasteiger partial charge is 0.0493 e. The predicted octanol–water partition coefficient (Wildman–Crippen LogP) is 1.25. The van der Waals surface area contributed by atoms with Crippen LogP contribution in [0.2, 0.25) is 0 Å². The molecule has 0 aliphatic rings. The standard InChI is InChI=1S/C7H7O2S.V.W/c1-10(8,9)7-5-3-2-4-6-7;;/h2-6H,1H2;;/q-1;;. The first-order valence-corrected chi connectivity index (χ1v) is 4.39. The maximum Gasteiger partial charge on any atom is 0.0493 e. The van der Waals surface area contributed by atoms with Crippen LogP contribution in [-0.2, 0) is 49.5 Å². The van der Waals surface area contributed by atoms with Gasteiger partial charge in [0.15, 0.2) is 0 Å². The molecule has 0 heterocycles. The molecule has 65 valence electrons. The molecule has 0 amide bonds. The van der Waals surface area contributed by atoms with Crippen LogP contribution in [0.3, 0.4) is 0 Å². The van der Waals surface area contributed by atoms with Gasteiger partial charge < -0.3 is 0 Å². The summed E-state index contributed by atoms with van der Waals surface area (Å²) < 4.78 is 21.4. The Morgan fingerprint density at radius 2 is 1.50 bits per heavy atom. The maximum atomic E-state index is 10.7. The quantitative estimate of drug-likeness (QED) is 0.677. The van der Waals surface area contributed by atoms with Gasteiger partial charge in [0.2, 0.25) is 0 Å². The molecular formula is C7H7O2SVW-. The van der Waals surface area contributed by atoms with E-state index in [9.17, 15) is 8.42 Å². The minimum atomic E-state index is -3.25. The van der Waals surface area contributed by atoms with Crippen molar-refractivity contribution in [3.8, 4) is 0 Å².